The molecule has 3 heterocycles. The van der Waals surface area contributed by atoms with Gasteiger partial charge in [-0.05, 0) is 63.0 Å². The zero-order valence-electron chi connectivity index (χ0n) is 18.7. The maximum absolute atomic E-state index is 13.5. The van der Waals surface area contributed by atoms with E-state index in [0.717, 1.165) is 25.1 Å². The Balaban J connectivity index is 1.75. The SMILES string of the molecule is CC(C)c1nn(-c2ccc(F)cc2)c2nc(C(=O)O)cc(OCCC3CCCCN3C)c12. The number of likely N-dealkylation sites (tertiary alicyclic amines) is 1. The number of carbonyl (C=O) groups is 1. The lowest BCUT2D eigenvalue weighted by Crippen LogP contribution is -2.37. The molecule has 7 nitrogen and oxygen atoms in total. The van der Waals surface area contributed by atoms with Crippen molar-refractivity contribution in [3.8, 4) is 11.4 Å². The minimum absolute atomic E-state index is 0.0588. The lowest BCUT2D eigenvalue weighted by molar-refractivity contribution is 0.0690. The van der Waals surface area contributed by atoms with Crippen LogP contribution in [0.1, 0.15) is 61.6 Å². The fourth-order valence-electron chi connectivity index (χ4n) is 4.31. The summed E-state index contributed by atoms with van der Waals surface area (Å²) in [7, 11) is 2.14. The van der Waals surface area contributed by atoms with Crippen molar-refractivity contribution in [2.24, 2.45) is 0 Å². The van der Waals surface area contributed by atoms with Crippen molar-refractivity contribution in [1.29, 1.82) is 0 Å². The van der Waals surface area contributed by atoms with Crippen molar-refractivity contribution >= 4 is 17.0 Å². The molecule has 32 heavy (non-hydrogen) atoms. The Labute approximate surface area is 186 Å². The van der Waals surface area contributed by atoms with Gasteiger partial charge in [0.1, 0.15) is 11.6 Å². The number of aromatic carboxylic acids is 1. The third-order valence-electron chi connectivity index (χ3n) is 6.10. The van der Waals surface area contributed by atoms with Gasteiger partial charge in [0.05, 0.1) is 23.4 Å². The van der Waals surface area contributed by atoms with Gasteiger partial charge in [-0.2, -0.15) is 5.10 Å². The Morgan fingerprint density at radius 2 is 2.03 bits per heavy atom. The Kier molecular flexibility index (Phi) is 6.41. The molecule has 4 rings (SSSR count). The second-order valence-corrected chi connectivity index (χ2v) is 8.70. The Morgan fingerprint density at radius 1 is 1.28 bits per heavy atom. The molecule has 0 saturated carbocycles. The normalized spacial score (nSPS) is 17.2. The molecule has 1 saturated heterocycles. The number of carboxylic acids is 1. The van der Waals surface area contributed by atoms with Crippen LogP contribution in [-0.2, 0) is 0 Å². The number of carboxylic acid groups (broad SMARTS) is 1. The van der Waals surface area contributed by atoms with Crippen molar-refractivity contribution in [1.82, 2.24) is 19.7 Å². The van der Waals surface area contributed by atoms with E-state index in [-0.39, 0.29) is 17.4 Å². The standard InChI is InChI=1S/C24H29FN4O3/c1-15(2)22-21-20(32-13-11-17-6-4-5-12-28(17)3)14-19(24(30)31)26-23(21)29(27-22)18-9-7-16(25)8-10-18/h7-10,14-15,17H,4-6,11-13H2,1-3H3,(H,30,31). The summed E-state index contributed by atoms with van der Waals surface area (Å²) in [6.45, 7) is 5.60. The molecule has 0 spiro atoms. The lowest BCUT2D eigenvalue weighted by atomic mass is 10.0. The molecule has 1 aliphatic rings. The molecule has 3 aromatic rings. The monoisotopic (exact) mass is 440 g/mol. The van der Waals surface area contributed by atoms with Crippen molar-refractivity contribution in [2.45, 2.75) is 51.5 Å². The Hall–Kier alpha value is -3.00. The molecule has 0 aliphatic carbocycles. The average molecular weight is 441 g/mol. The fourth-order valence-corrected chi connectivity index (χ4v) is 4.31. The summed E-state index contributed by atoms with van der Waals surface area (Å²) in [4.78, 5) is 18.5. The number of piperidine rings is 1. The predicted octanol–water partition coefficient (Wildman–Crippen LogP) is 4.63. The van der Waals surface area contributed by atoms with Crippen LogP contribution in [0.25, 0.3) is 16.7 Å². The first-order valence-electron chi connectivity index (χ1n) is 11.1. The molecule has 1 unspecified atom stereocenters. The van der Waals surface area contributed by atoms with Gasteiger partial charge < -0.3 is 14.7 Å². The van der Waals surface area contributed by atoms with E-state index in [0.29, 0.717) is 35.1 Å². The largest absolute Gasteiger partial charge is 0.493 e. The third-order valence-corrected chi connectivity index (χ3v) is 6.10. The maximum Gasteiger partial charge on any atom is 0.354 e. The maximum atomic E-state index is 13.5. The Morgan fingerprint density at radius 3 is 2.69 bits per heavy atom. The molecule has 1 atom stereocenters. The van der Waals surface area contributed by atoms with Crippen molar-refractivity contribution in [3.63, 3.8) is 0 Å². The van der Waals surface area contributed by atoms with Crippen molar-refractivity contribution in [2.75, 3.05) is 20.2 Å². The van der Waals surface area contributed by atoms with Crippen LogP contribution in [0.4, 0.5) is 4.39 Å². The molecule has 1 aliphatic heterocycles. The highest BCUT2D eigenvalue weighted by molar-refractivity contribution is 5.94. The summed E-state index contributed by atoms with van der Waals surface area (Å²) in [5, 5.41) is 15.1. The summed E-state index contributed by atoms with van der Waals surface area (Å²) in [6, 6.07) is 7.83. The first kappa shape index (κ1) is 22.2. The number of nitrogens with zero attached hydrogens (tertiary/aromatic N) is 4. The highest BCUT2D eigenvalue weighted by Gasteiger charge is 2.24. The van der Waals surface area contributed by atoms with Crippen LogP contribution in [0.3, 0.4) is 0 Å². The number of hydrogen-bond donors (Lipinski definition) is 1. The second-order valence-electron chi connectivity index (χ2n) is 8.70. The number of ether oxygens (including phenoxy) is 1. The number of benzene rings is 1. The Bertz CT molecular complexity index is 1110. The first-order valence-corrected chi connectivity index (χ1v) is 11.1. The molecule has 1 N–H and O–H groups in total. The average Bonchev–Trinajstić information content (AvgIpc) is 3.16. The second kappa shape index (κ2) is 9.24. The van der Waals surface area contributed by atoms with Gasteiger partial charge in [-0.25, -0.2) is 18.9 Å². The molecule has 0 amide bonds. The highest BCUT2D eigenvalue weighted by atomic mass is 19.1. The summed E-state index contributed by atoms with van der Waals surface area (Å²) < 4.78 is 21.2. The summed E-state index contributed by atoms with van der Waals surface area (Å²) in [6.07, 6.45) is 4.46. The predicted molar refractivity (Wildman–Crippen MR) is 120 cm³/mol. The van der Waals surface area contributed by atoms with E-state index in [4.69, 9.17) is 9.84 Å². The fraction of sp³-hybridized carbons (Fsp3) is 0.458. The van der Waals surface area contributed by atoms with Gasteiger partial charge >= 0.3 is 5.97 Å². The van der Waals surface area contributed by atoms with E-state index in [1.807, 2.05) is 13.8 Å². The molecule has 0 bridgehead atoms. The van der Waals surface area contributed by atoms with Crippen LogP contribution in [0.15, 0.2) is 30.3 Å². The number of halogens is 1. The van der Waals surface area contributed by atoms with Gasteiger partial charge in [-0.3, -0.25) is 0 Å². The van der Waals surface area contributed by atoms with Crippen molar-refractivity contribution < 1.29 is 19.0 Å². The molecule has 170 valence electrons. The lowest BCUT2D eigenvalue weighted by Gasteiger charge is -2.32. The van der Waals surface area contributed by atoms with Crippen LogP contribution >= 0.6 is 0 Å². The molecule has 2 aromatic heterocycles. The highest BCUT2D eigenvalue weighted by Crippen LogP contribution is 2.34. The van der Waals surface area contributed by atoms with Crippen LogP contribution in [0.5, 0.6) is 5.75 Å². The van der Waals surface area contributed by atoms with Gasteiger partial charge in [0.25, 0.3) is 0 Å². The molecule has 1 fully saturated rings. The summed E-state index contributed by atoms with van der Waals surface area (Å²) in [5.41, 5.74) is 1.65. The number of aromatic nitrogens is 3. The van der Waals surface area contributed by atoms with Crippen molar-refractivity contribution in [3.05, 3.63) is 47.5 Å². The molecular formula is C24H29FN4O3. The summed E-state index contributed by atoms with van der Waals surface area (Å²) >= 11 is 0. The molecule has 8 heteroatoms. The van der Waals surface area contributed by atoms with E-state index in [2.05, 4.69) is 16.9 Å². The summed E-state index contributed by atoms with van der Waals surface area (Å²) in [5.74, 6) is -0.960. The van der Waals surface area contributed by atoms with Gasteiger partial charge in [0, 0.05) is 12.1 Å². The molecular weight excluding hydrogens is 411 g/mol. The van der Waals surface area contributed by atoms with Crippen LogP contribution in [-0.4, -0.2) is 57.0 Å². The smallest absolute Gasteiger partial charge is 0.354 e. The van der Waals surface area contributed by atoms with Crippen LogP contribution in [0, 0.1) is 5.82 Å². The number of rotatable bonds is 7. The minimum Gasteiger partial charge on any atom is -0.493 e. The van der Waals surface area contributed by atoms with Gasteiger partial charge in [0.2, 0.25) is 0 Å². The number of pyridine rings is 1. The van der Waals surface area contributed by atoms with Gasteiger partial charge in [0.15, 0.2) is 11.3 Å². The topological polar surface area (TPSA) is 80.5 Å². The third kappa shape index (κ3) is 4.46. The van der Waals surface area contributed by atoms with E-state index in [9.17, 15) is 14.3 Å². The number of fused-ring (bicyclic) bond motifs is 1. The van der Waals surface area contributed by atoms with Gasteiger partial charge in [-0.15, -0.1) is 0 Å². The first-order chi connectivity index (χ1) is 15.3. The van der Waals surface area contributed by atoms with E-state index >= 15 is 0 Å². The zero-order chi connectivity index (χ0) is 22.8. The van der Waals surface area contributed by atoms with E-state index in [1.54, 1.807) is 16.8 Å². The van der Waals surface area contributed by atoms with Gasteiger partial charge in [-0.1, -0.05) is 20.3 Å². The quantitative estimate of drug-likeness (QED) is 0.577. The van der Waals surface area contributed by atoms with Crippen LogP contribution in [0.2, 0.25) is 0 Å². The number of hydrogen-bond acceptors (Lipinski definition) is 5. The molecule has 1 aromatic carbocycles. The molecule has 0 radical (unpaired) electrons. The zero-order valence-corrected chi connectivity index (χ0v) is 18.7. The minimum atomic E-state index is -1.14. The van der Waals surface area contributed by atoms with E-state index in [1.165, 1.54) is 31.0 Å². The van der Waals surface area contributed by atoms with Crippen LogP contribution < -0.4 is 4.74 Å². The van der Waals surface area contributed by atoms with E-state index < -0.39 is 5.97 Å².